The predicted molar refractivity (Wildman–Crippen MR) is 67.8 cm³/mol. The predicted octanol–water partition coefficient (Wildman–Crippen LogP) is 3.06. The van der Waals surface area contributed by atoms with Gasteiger partial charge in [-0.1, -0.05) is 0 Å². The number of benzene rings is 1. The van der Waals surface area contributed by atoms with Crippen molar-refractivity contribution in [3.05, 3.63) is 47.5 Å². The number of carbonyl (C=O) groups is 1. The first kappa shape index (κ1) is 10.9. The van der Waals surface area contributed by atoms with Crippen molar-refractivity contribution in [3.8, 4) is 0 Å². The highest BCUT2D eigenvalue weighted by Gasteiger charge is 2.11. The second-order valence-electron chi connectivity index (χ2n) is 3.73. The molecule has 3 rings (SSSR count). The number of amides is 1. The molecule has 18 heavy (non-hydrogen) atoms. The molecule has 0 aliphatic rings. The van der Waals surface area contributed by atoms with Crippen LogP contribution in [-0.4, -0.2) is 16.1 Å². The summed E-state index contributed by atoms with van der Waals surface area (Å²) in [5.41, 5.74) is 1.51. The van der Waals surface area contributed by atoms with Crippen LogP contribution in [0.4, 0.5) is 5.69 Å². The summed E-state index contributed by atoms with van der Waals surface area (Å²) in [6.45, 7) is 0. The first-order valence-corrected chi connectivity index (χ1v) is 5.60. The number of H-pyrrole nitrogens is 1. The van der Waals surface area contributed by atoms with Crippen LogP contribution in [0.25, 0.3) is 10.9 Å². The van der Waals surface area contributed by atoms with Gasteiger partial charge >= 0.3 is 0 Å². The molecular weight excluding hydrogens is 254 g/mol. The lowest BCUT2D eigenvalue weighted by Gasteiger charge is -2.02. The number of aromatic nitrogens is 2. The Morgan fingerprint density at radius 1 is 1.33 bits per heavy atom. The summed E-state index contributed by atoms with van der Waals surface area (Å²) in [5, 5.41) is 10.6. The van der Waals surface area contributed by atoms with Gasteiger partial charge in [0.15, 0.2) is 11.0 Å². The zero-order valence-electron chi connectivity index (χ0n) is 9.11. The molecule has 2 heterocycles. The normalized spacial score (nSPS) is 10.7. The monoisotopic (exact) mass is 261 g/mol. The van der Waals surface area contributed by atoms with Crippen LogP contribution in [0.1, 0.15) is 10.6 Å². The molecule has 0 atom stereocenters. The summed E-state index contributed by atoms with van der Waals surface area (Å²) >= 11 is 5.61. The second kappa shape index (κ2) is 4.19. The highest BCUT2D eigenvalue weighted by Crippen LogP contribution is 2.18. The molecule has 0 saturated carbocycles. The van der Waals surface area contributed by atoms with Gasteiger partial charge in [-0.2, -0.15) is 5.10 Å². The van der Waals surface area contributed by atoms with E-state index in [0.717, 1.165) is 10.9 Å². The lowest BCUT2D eigenvalue weighted by atomic mass is 10.2. The maximum atomic E-state index is 11.8. The van der Waals surface area contributed by atoms with E-state index in [1.807, 2.05) is 6.07 Å². The minimum atomic E-state index is -0.347. The van der Waals surface area contributed by atoms with Crippen molar-refractivity contribution in [2.75, 3.05) is 5.32 Å². The molecule has 0 unspecified atom stereocenters. The largest absolute Gasteiger partial charge is 0.440 e. The van der Waals surface area contributed by atoms with Crippen molar-refractivity contribution < 1.29 is 9.21 Å². The Bertz CT molecular complexity index is 717. The number of furan rings is 1. The highest BCUT2D eigenvalue weighted by atomic mass is 35.5. The number of hydrogen-bond acceptors (Lipinski definition) is 3. The van der Waals surface area contributed by atoms with Crippen molar-refractivity contribution in [2.24, 2.45) is 0 Å². The summed E-state index contributed by atoms with van der Waals surface area (Å²) in [4.78, 5) is 11.8. The van der Waals surface area contributed by atoms with Crippen LogP contribution >= 0.6 is 11.6 Å². The molecule has 0 radical (unpaired) electrons. The van der Waals surface area contributed by atoms with Gasteiger partial charge in [0.05, 0.1) is 11.7 Å². The van der Waals surface area contributed by atoms with Gasteiger partial charge in [-0.15, -0.1) is 0 Å². The summed E-state index contributed by atoms with van der Waals surface area (Å²) in [6.07, 6.45) is 1.72. The average molecular weight is 262 g/mol. The molecule has 0 spiro atoms. The number of anilines is 1. The molecule has 6 heteroatoms. The van der Waals surface area contributed by atoms with Crippen LogP contribution in [0.3, 0.4) is 0 Å². The van der Waals surface area contributed by atoms with Crippen molar-refractivity contribution in [3.63, 3.8) is 0 Å². The molecule has 0 aliphatic heterocycles. The van der Waals surface area contributed by atoms with Crippen LogP contribution < -0.4 is 5.32 Å². The maximum absolute atomic E-state index is 11.8. The van der Waals surface area contributed by atoms with E-state index in [1.165, 1.54) is 12.1 Å². The zero-order chi connectivity index (χ0) is 12.5. The maximum Gasteiger partial charge on any atom is 0.291 e. The smallest absolute Gasteiger partial charge is 0.291 e. The minimum Gasteiger partial charge on any atom is -0.440 e. The fraction of sp³-hybridized carbons (Fsp3) is 0. The Labute approximate surface area is 107 Å². The number of fused-ring (bicyclic) bond motifs is 1. The molecule has 5 nitrogen and oxygen atoms in total. The van der Waals surface area contributed by atoms with Gasteiger partial charge in [-0.25, -0.2) is 0 Å². The molecule has 90 valence electrons. The number of aromatic amines is 1. The Morgan fingerprint density at radius 3 is 3.00 bits per heavy atom. The van der Waals surface area contributed by atoms with Gasteiger partial charge in [-0.05, 0) is 41.9 Å². The molecule has 3 aromatic rings. The SMILES string of the molecule is O=C(Nc1ccc2cn[nH]c2c1)c1ccc(Cl)o1. The molecular formula is C12H8ClN3O2. The highest BCUT2D eigenvalue weighted by molar-refractivity contribution is 6.29. The van der Waals surface area contributed by atoms with Crippen LogP contribution in [-0.2, 0) is 0 Å². The fourth-order valence-corrected chi connectivity index (χ4v) is 1.79. The Morgan fingerprint density at radius 2 is 2.22 bits per heavy atom. The molecule has 1 amide bonds. The molecule has 2 aromatic heterocycles. The average Bonchev–Trinajstić information content (AvgIpc) is 2.96. The van der Waals surface area contributed by atoms with Crippen molar-refractivity contribution in [2.45, 2.75) is 0 Å². The summed E-state index contributed by atoms with van der Waals surface area (Å²) in [5.74, 6) is -0.175. The minimum absolute atomic E-state index is 0.171. The van der Waals surface area contributed by atoms with Crippen LogP contribution in [0.15, 0.2) is 40.9 Å². The topological polar surface area (TPSA) is 70.9 Å². The summed E-state index contributed by atoms with van der Waals surface area (Å²) < 4.78 is 5.02. The van der Waals surface area contributed by atoms with Crippen LogP contribution in [0.2, 0.25) is 5.22 Å². The van der Waals surface area contributed by atoms with Crippen molar-refractivity contribution in [1.82, 2.24) is 10.2 Å². The van der Waals surface area contributed by atoms with Crippen LogP contribution in [0, 0.1) is 0 Å². The third-order valence-corrected chi connectivity index (χ3v) is 2.70. The Kier molecular flexibility index (Phi) is 2.53. The summed E-state index contributed by atoms with van der Waals surface area (Å²) in [6, 6.07) is 8.50. The van der Waals surface area contributed by atoms with E-state index in [-0.39, 0.29) is 16.9 Å². The van der Waals surface area contributed by atoms with Gasteiger partial charge < -0.3 is 9.73 Å². The van der Waals surface area contributed by atoms with Gasteiger partial charge in [0, 0.05) is 11.1 Å². The standard InChI is InChI=1S/C12H8ClN3O2/c13-11-4-3-10(18-11)12(17)15-8-2-1-7-6-14-16-9(7)5-8/h1-6H,(H,14,16)(H,15,17). The first-order valence-electron chi connectivity index (χ1n) is 5.22. The lowest BCUT2D eigenvalue weighted by Crippen LogP contribution is -2.10. The van der Waals surface area contributed by atoms with Gasteiger partial charge in [0.25, 0.3) is 5.91 Å². The van der Waals surface area contributed by atoms with E-state index in [2.05, 4.69) is 15.5 Å². The second-order valence-corrected chi connectivity index (χ2v) is 4.10. The molecule has 0 fully saturated rings. The van der Waals surface area contributed by atoms with E-state index >= 15 is 0 Å². The van der Waals surface area contributed by atoms with Gasteiger partial charge in [0.2, 0.25) is 0 Å². The molecule has 0 aliphatic carbocycles. The zero-order valence-corrected chi connectivity index (χ0v) is 9.86. The van der Waals surface area contributed by atoms with Gasteiger partial charge in [0.1, 0.15) is 0 Å². The number of nitrogens with zero attached hydrogens (tertiary/aromatic N) is 1. The number of rotatable bonds is 2. The first-order chi connectivity index (χ1) is 8.72. The number of halogens is 1. The van der Waals surface area contributed by atoms with Crippen LogP contribution in [0.5, 0.6) is 0 Å². The van der Waals surface area contributed by atoms with Crippen molar-refractivity contribution in [1.29, 1.82) is 0 Å². The fourth-order valence-electron chi connectivity index (χ4n) is 1.64. The third kappa shape index (κ3) is 1.96. The lowest BCUT2D eigenvalue weighted by molar-refractivity contribution is 0.0997. The number of nitrogens with one attached hydrogen (secondary N) is 2. The van der Waals surface area contributed by atoms with Crippen molar-refractivity contribution >= 4 is 34.1 Å². The van der Waals surface area contributed by atoms with E-state index in [4.69, 9.17) is 16.0 Å². The number of carbonyl (C=O) groups excluding carboxylic acids is 1. The quantitative estimate of drug-likeness (QED) is 0.745. The van der Waals surface area contributed by atoms with E-state index in [0.29, 0.717) is 5.69 Å². The molecule has 1 aromatic carbocycles. The molecule has 0 bridgehead atoms. The molecule has 2 N–H and O–H groups in total. The molecule has 0 saturated heterocycles. The third-order valence-electron chi connectivity index (χ3n) is 2.50. The van der Waals surface area contributed by atoms with Gasteiger partial charge in [-0.3, -0.25) is 9.89 Å². The Hall–Kier alpha value is -2.27. The summed E-state index contributed by atoms with van der Waals surface area (Å²) in [7, 11) is 0. The van der Waals surface area contributed by atoms with E-state index in [1.54, 1.807) is 18.3 Å². The Balaban J connectivity index is 1.85. The van der Waals surface area contributed by atoms with E-state index < -0.39 is 0 Å². The number of hydrogen-bond donors (Lipinski definition) is 2. The van der Waals surface area contributed by atoms with E-state index in [9.17, 15) is 4.79 Å².